The summed E-state index contributed by atoms with van der Waals surface area (Å²) >= 11 is 0. The number of nitrogens with zero attached hydrogens (tertiary/aromatic N) is 2. The molecule has 0 spiro atoms. The number of hydrogen-bond donors (Lipinski definition) is 1. The van der Waals surface area contributed by atoms with Crippen molar-refractivity contribution in [2.24, 2.45) is 5.92 Å². The van der Waals surface area contributed by atoms with Crippen molar-refractivity contribution in [1.29, 1.82) is 0 Å². The average molecular weight is 266 g/mol. The molecule has 0 saturated heterocycles. The minimum absolute atomic E-state index is 0.107. The van der Waals surface area contributed by atoms with Gasteiger partial charge in [0.05, 0.1) is 5.69 Å². The molecule has 1 atom stereocenters. The first kappa shape index (κ1) is 15.4. The quantitative estimate of drug-likeness (QED) is 0.857. The predicted molar refractivity (Wildman–Crippen MR) is 72.7 cm³/mol. The van der Waals surface area contributed by atoms with E-state index in [2.05, 4.69) is 10.2 Å². The van der Waals surface area contributed by atoms with E-state index in [0.29, 0.717) is 12.8 Å². The number of carboxylic acids is 1. The highest BCUT2D eigenvalue weighted by Gasteiger charge is 2.23. The van der Waals surface area contributed by atoms with Crippen molar-refractivity contribution >= 4 is 5.97 Å². The van der Waals surface area contributed by atoms with Crippen LogP contribution in [0.15, 0.2) is 0 Å². The van der Waals surface area contributed by atoms with Crippen LogP contribution in [0.2, 0.25) is 0 Å². The summed E-state index contributed by atoms with van der Waals surface area (Å²) in [5, 5.41) is 17.4. The summed E-state index contributed by atoms with van der Waals surface area (Å²) in [6.45, 7) is 9.78. The molecule has 0 aliphatic rings. The number of aromatic nitrogens is 2. The molecule has 1 rings (SSSR count). The summed E-state index contributed by atoms with van der Waals surface area (Å²) < 4.78 is 5.66. The first-order chi connectivity index (χ1) is 8.92. The molecule has 19 heavy (non-hydrogen) atoms. The Morgan fingerprint density at radius 3 is 2.26 bits per heavy atom. The Bertz CT molecular complexity index is 458. The smallest absolute Gasteiger partial charge is 0.341 e. The highest BCUT2D eigenvalue weighted by Crippen LogP contribution is 2.24. The van der Waals surface area contributed by atoms with Crippen molar-refractivity contribution in [3.8, 4) is 5.88 Å². The van der Waals surface area contributed by atoms with Crippen LogP contribution in [0.3, 0.4) is 0 Å². The van der Waals surface area contributed by atoms with Gasteiger partial charge in [0.2, 0.25) is 5.88 Å². The van der Waals surface area contributed by atoms with E-state index in [0.717, 1.165) is 11.3 Å². The third kappa shape index (κ3) is 3.43. The van der Waals surface area contributed by atoms with Crippen LogP contribution in [0.5, 0.6) is 5.88 Å². The van der Waals surface area contributed by atoms with Crippen molar-refractivity contribution in [3.63, 3.8) is 0 Å². The largest absolute Gasteiger partial charge is 0.477 e. The predicted octanol–water partition coefficient (Wildman–Crippen LogP) is 2.72. The molecule has 5 heteroatoms. The first-order valence-electron chi connectivity index (χ1n) is 6.70. The Hall–Kier alpha value is -1.65. The van der Waals surface area contributed by atoms with Gasteiger partial charge in [-0.3, -0.25) is 0 Å². The topological polar surface area (TPSA) is 72.3 Å². The van der Waals surface area contributed by atoms with E-state index in [9.17, 15) is 9.90 Å². The molecule has 1 heterocycles. The van der Waals surface area contributed by atoms with Gasteiger partial charge in [0.1, 0.15) is 11.7 Å². The Morgan fingerprint density at radius 1 is 1.21 bits per heavy atom. The van der Waals surface area contributed by atoms with Gasteiger partial charge in [0, 0.05) is 0 Å². The highest BCUT2D eigenvalue weighted by molar-refractivity contribution is 5.92. The Labute approximate surface area is 114 Å². The van der Waals surface area contributed by atoms with Crippen molar-refractivity contribution in [2.45, 2.75) is 53.6 Å². The average Bonchev–Trinajstić information content (AvgIpc) is 2.37. The lowest BCUT2D eigenvalue weighted by Crippen LogP contribution is -2.22. The number of carboxylic acid groups (broad SMARTS) is 1. The van der Waals surface area contributed by atoms with E-state index in [1.54, 1.807) is 0 Å². The number of carbonyl (C=O) groups is 1. The second-order valence-electron chi connectivity index (χ2n) is 4.88. The van der Waals surface area contributed by atoms with Gasteiger partial charge >= 0.3 is 5.97 Å². The second kappa shape index (κ2) is 6.50. The third-order valence-electron chi connectivity index (χ3n) is 3.26. The van der Waals surface area contributed by atoms with Crippen LogP contribution in [-0.2, 0) is 12.8 Å². The zero-order valence-corrected chi connectivity index (χ0v) is 12.2. The van der Waals surface area contributed by atoms with Crippen LogP contribution in [-0.4, -0.2) is 27.4 Å². The van der Waals surface area contributed by atoms with Crippen LogP contribution in [0, 0.1) is 5.92 Å². The van der Waals surface area contributed by atoms with Gasteiger partial charge in [0.15, 0.2) is 0 Å². The highest BCUT2D eigenvalue weighted by atomic mass is 16.5. The third-order valence-corrected chi connectivity index (χ3v) is 3.26. The van der Waals surface area contributed by atoms with E-state index in [-0.39, 0.29) is 23.5 Å². The Morgan fingerprint density at radius 2 is 1.84 bits per heavy atom. The molecule has 0 fully saturated rings. The van der Waals surface area contributed by atoms with Crippen molar-refractivity contribution in [3.05, 3.63) is 16.8 Å². The molecule has 1 N–H and O–H groups in total. The molecule has 0 bridgehead atoms. The number of aromatic carboxylic acids is 1. The van der Waals surface area contributed by atoms with Crippen molar-refractivity contribution in [1.82, 2.24) is 10.2 Å². The number of rotatable bonds is 6. The summed E-state index contributed by atoms with van der Waals surface area (Å²) in [6, 6.07) is 0. The molecule has 0 saturated carbocycles. The van der Waals surface area contributed by atoms with E-state index >= 15 is 0 Å². The van der Waals surface area contributed by atoms with Crippen LogP contribution < -0.4 is 4.74 Å². The molecule has 1 unspecified atom stereocenters. The second-order valence-corrected chi connectivity index (χ2v) is 4.88. The van der Waals surface area contributed by atoms with Crippen molar-refractivity contribution < 1.29 is 14.6 Å². The summed E-state index contributed by atoms with van der Waals surface area (Å²) in [4.78, 5) is 11.5. The monoisotopic (exact) mass is 266 g/mol. The minimum Gasteiger partial charge on any atom is -0.477 e. The summed E-state index contributed by atoms with van der Waals surface area (Å²) in [7, 11) is 0. The molecule has 1 aromatic heterocycles. The summed E-state index contributed by atoms with van der Waals surface area (Å²) in [5.41, 5.74) is 1.60. The standard InChI is InChI=1S/C14H22N2O3/c1-6-10-11(7-2)15-16-13(12(10)14(17)18)19-9(5)8(3)4/h8-9H,6-7H2,1-5H3,(H,17,18). The van der Waals surface area contributed by atoms with Gasteiger partial charge in [0.25, 0.3) is 0 Å². The fraction of sp³-hybridized carbons (Fsp3) is 0.643. The Balaban J connectivity index is 3.28. The Kier molecular flexibility index (Phi) is 5.27. The first-order valence-corrected chi connectivity index (χ1v) is 6.70. The van der Waals surface area contributed by atoms with E-state index in [1.165, 1.54) is 0 Å². The molecule has 0 radical (unpaired) electrons. The molecular formula is C14H22N2O3. The normalized spacial score (nSPS) is 12.5. The summed E-state index contributed by atoms with van der Waals surface area (Å²) in [6.07, 6.45) is 1.16. The molecule has 0 aliphatic carbocycles. The van der Waals surface area contributed by atoms with Crippen LogP contribution in [0.4, 0.5) is 0 Å². The molecule has 106 valence electrons. The van der Waals surface area contributed by atoms with Crippen LogP contribution in [0.25, 0.3) is 0 Å². The lowest BCUT2D eigenvalue weighted by Gasteiger charge is -2.19. The van der Waals surface area contributed by atoms with Gasteiger partial charge in [-0.2, -0.15) is 5.10 Å². The van der Waals surface area contributed by atoms with Gasteiger partial charge in [-0.1, -0.05) is 27.7 Å². The maximum Gasteiger partial charge on any atom is 0.341 e. The zero-order chi connectivity index (χ0) is 14.6. The molecule has 0 aromatic carbocycles. The van der Waals surface area contributed by atoms with Gasteiger partial charge in [-0.05, 0) is 31.2 Å². The number of hydrogen-bond acceptors (Lipinski definition) is 4. The maximum absolute atomic E-state index is 11.5. The SMILES string of the molecule is CCc1nnc(OC(C)C(C)C)c(C(=O)O)c1CC. The molecule has 0 amide bonds. The van der Waals surface area contributed by atoms with Gasteiger partial charge in [-0.25, -0.2) is 4.79 Å². The van der Waals surface area contributed by atoms with E-state index < -0.39 is 5.97 Å². The summed E-state index contributed by atoms with van der Waals surface area (Å²) in [5.74, 6) is -0.602. The zero-order valence-electron chi connectivity index (χ0n) is 12.2. The number of aryl methyl sites for hydroxylation is 1. The fourth-order valence-corrected chi connectivity index (χ4v) is 1.77. The number of ether oxygens (including phenoxy) is 1. The minimum atomic E-state index is -1.01. The molecular weight excluding hydrogens is 244 g/mol. The lowest BCUT2D eigenvalue weighted by atomic mass is 10.0. The molecule has 1 aromatic rings. The van der Waals surface area contributed by atoms with Crippen molar-refractivity contribution in [2.75, 3.05) is 0 Å². The fourth-order valence-electron chi connectivity index (χ4n) is 1.77. The molecule has 0 aliphatic heterocycles. The molecule has 5 nitrogen and oxygen atoms in total. The van der Waals surface area contributed by atoms with Gasteiger partial charge < -0.3 is 9.84 Å². The maximum atomic E-state index is 11.5. The van der Waals surface area contributed by atoms with E-state index in [4.69, 9.17) is 4.74 Å². The van der Waals surface area contributed by atoms with E-state index in [1.807, 2.05) is 34.6 Å². The van der Waals surface area contributed by atoms with Gasteiger partial charge in [-0.15, -0.1) is 5.10 Å². The van der Waals surface area contributed by atoms with Crippen LogP contribution in [0.1, 0.15) is 56.2 Å². The van der Waals surface area contributed by atoms with Crippen LogP contribution >= 0.6 is 0 Å². The lowest BCUT2D eigenvalue weighted by molar-refractivity contribution is 0.0682.